The first kappa shape index (κ1) is 10.9. The predicted octanol–water partition coefficient (Wildman–Crippen LogP) is 0.705. The maximum atomic E-state index is 13.9. The number of fused-ring (bicyclic) bond motifs is 1. The fourth-order valence-corrected chi connectivity index (χ4v) is 2.11. The molecular weight excluding hydrogens is 235 g/mol. The van der Waals surface area contributed by atoms with Crippen molar-refractivity contribution in [3.05, 3.63) is 30.3 Å². The zero-order valence-electron chi connectivity index (χ0n) is 9.56. The Hall–Kier alpha value is -2.24. The summed E-state index contributed by atoms with van der Waals surface area (Å²) in [4.78, 5) is 21.3. The van der Waals surface area contributed by atoms with Crippen LogP contribution in [0.5, 0.6) is 0 Å². The van der Waals surface area contributed by atoms with Gasteiger partial charge in [0, 0.05) is 13.1 Å². The standard InChI is InChI=1S/C12H11FN4O/c13-8-2-1-3-9-11(8)12(16-7-15-9)17-5-4-14-10(18)6-17/h1-3,7H,4-6H2,(H,14,18). The second-order valence-corrected chi connectivity index (χ2v) is 4.10. The largest absolute Gasteiger partial charge is 0.353 e. The first-order valence-corrected chi connectivity index (χ1v) is 5.66. The average molecular weight is 246 g/mol. The quantitative estimate of drug-likeness (QED) is 0.805. The minimum absolute atomic E-state index is 0.0793. The lowest BCUT2D eigenvalue weighted by molar-refractivity contribution is -0.120. The van der Waals surface area contributed by atoms with E-state index in [-0.39, 0.29) is 18.3 Å². The summed E-state index contributed by atoms with van der Waals surface area (Å²) in [6.45, 7) is 1.35. The highest BCUT2D eigenvalue weighted by molar-refractivity contribution is 5.92. The molecule has 2 heterocycles. The lowest BCUT2D eigenvalue weighted by Gasteiger charge is -2.28. The Morgan fingerprint density at radius 2 is 2.22 bits per heavy atom. The molecule has 0 spiro atoms. The first-order valence-electron chi connectivity index (χ1n) is 5.66. The van der Waals surface area contributed by atoms with E-state index in [0.717, 1.165) is 0 Å². The topological polar surface area (TPSA) is 58.1 Å². The van der Waals surface area contributed by atoms with Crippen molar-refractivity contribution in [2.45, 2.75) is 0 Å². The Morgan fingerprint density at radius 3 is 3.06 bits per heavy atom. The van der Waals surface area contributed by atoms with Gasteiger partial charge in [0.1, 0.15) is 18.0 Å². The summed E-state index contributed by atoms with van der Waals surface area (Å²) in [6, 6.07) is 4.71. The highest BCUT2D eigenvalue weighted by Crippen LogP contribution is 2.25. The third-order valence-corrected chi connectivity index (χ3v) is 2.93. The van der Waals surface area contributed by atoms with Crippen LogP contribution in [0.1, 0.15) is 0 Å². The molecule has 0 aliphatic carbocycles. The maximum Gasteiger partial charge on any atom is 0.239 e. The predicted molar refractivity (Wildman–Crippen MR) is 64.7 cm³/mol. The number of nitrogens with one attached hydrogen (secondary N) is 1. The van der Waals surface area contributed by atoms with Gasteiger partial charge in [-0.25, -0.2) is 14.4 Å². The van der Waals surface area contributed by atoms with E-state index in [0.29, 0.717) is 29.8 Å². The van der Waals surface area contributed by atoms with Gasteiger partial charge in [0.15, 0.2) is 0 Å². The number of hydrogen-bond acceptors (Lipinski definition) is 4. The molecule has 0 atom stereocenters. The molecule has 1 aromatic heterocycles. The molecule has 1 aliphatic heterocycles. The summed E-state index contributed by atoms with van der Waals surface area (Å²) >= 11 is 0. The molecule has 0 unspecified atom stereocenters. The second kappa shape index (κ2) is 4.21. The van der Waals surface area contributed by atoms with Crippen LogP contribution in [0.2, 0.25) is 0 Å². The number of carbonyl (C=O) groups excluding carboxylic acids is 1. The van der Waals surface area contributed by atoms with Gasteiger partial charge >= 0.3 is 0 Å². The van der Waals surface area contributed by atoms with E-state index in [2.05, 4.69) is 15.3 Å². The number of carbonyl (C=O) groups is 1. The van der Waals surface area contributed by atoms with Crippen LogP contribution in [0, 0.1) is 5.82 Å². The molecule has 2 aromatic rings. The molecule has 1 fully saturated rings. The summed E-state index contributed by atoms with van der Waals surface area (Å²) in [6.07, 6.45) is 1.39. The fraction of sp³-hybridized carbons (Fsp3) is 0.250. The number of hydrogen-bond donors (Lipinski definition) is 1. The Kier molecular flexibility index (Phi) is 2.55. The SMILES string of the molecule is O=C1CN(c2ncnc3cccc(F)c23)CCN1. The van der Waals surface area contributed by atoms with Crippen molar-refractivity contribution in [2.24, 2.45) is 0 Å². The summed E-state index contributed by atoms with van der Waals surface area (Å²) in [5.74, 6) is 0.0337. The number of benzene rings is 1. The summed E-state index contributed by atoms with van der Waals surface area (Å²) in [5.41, 5.74) is 0.547. The van der Waals surface area contributed by atoms with Crippen molar-refractivity contribution in [1.82, 2.24) is 15.3 Å². The van der Waals surface area contributed by atoms with E-state index in [1.807, 2.05) is 0 Å². The van der Waals surface area contributed by atoms with E-state index >= 15 is 0 Å². The molecule has 5 nitrogen and oxygen atoms in total. The molecular formula is C12H11FN4O. The zero-order chi connectivity index (χ0) is 12.5. The van der Waals surface area contributed by atoms with Crippen LogP contribution in [-0.4, -0.2) is 35.5 Å². The lowest BCUT2D eigenvalue weighted by Crippen LogP contribution is -2.48. The molecule has 18 heavy (non-hydrogen) atoms. The molecule has 3 rings (SSSR count). The molecule has 1 saturated heterocycles. The van der Waals surface area contributed by atoms with Crippen molar-refractivity contribution < 1.29 is 9.18 Å². The number of aromatic nitrogens is 2. The van der Waals surface area contributed by atoms with Gasteiger partial charge in [0.2, 0.25) is 5.91 Å². The van der Waals surface area contributed by atoms with Gasteiger partial charge in [-0.2, -0.15) is 0 Å². The Morgan fingerprint density at radius 1 is 1.33 bits per heavy atom. The number of anilines is 1. The van der Waals surface area contributed by atoms with E-state index in [9.17, 15) is 9.18 Å². The molecule has 1 N–H and O–H groups in total. The van der Waals surface area contributed by atoms with Crippen molar-refractivity contribution in [3.8, 4) is 0 Å². The number of rotatable bonds is 1. The van der Waals surface area contributed by atoms with Crippen molar-refractivity contribution in [3.63, 3.8) is 0 Å². The molecule has 6 heteroatoms. The Bertz CT molecular complexity index is 611. The zero-order valence-corrected chi connectivity index (χ0v) is 9.56. The van der Waals surface area contributed by atoms with Crippen molar-refractivity contribution >= 4 is 22.6 Å². The lowest BCUT2D eigenvalue weighted by atomic mass is 10.2. The Labute approximate surface area is 103 Å². The van der Waals surface area contributed by atoms with Gasteiger partial charge in [0.25, 0.3) is 0 Å². The van der Waals surface area contributed by atoms with Gasteiger partial charge in [-0.05, 0) is 12.1 Å². The summed E-state index contributed by atoms with van der Waals surface area (Å²) in [7, 11) is 0. The van der Waals surface area contributed by atoms with Gasteiger partial charge in [-0.3, -0.25) is 4.79 Å². The third kappa shape index (κ3) is 1.75. The normalized spacial score (nSPS) is 15.8. The van der Waals surface area contributed by atoms with E-state index < -0.39 is 0 Å². The van der Waals surface area contributed by atoms with Crippen molar-refractivity contribution in [1.29, 1.82) is 0 Å². The van der Waals surface area contributed by atoms with Gasteiger partial charge < -0.3 is 10.2 Å². The molecule has 1 aromatic carbocycles. The maximum absolute atomic E-state index is 13.9. The highest BCUT2D eigenvalue weighted by Gasteiger charge is 2.20. The second-order valence-electron chi connectivity index (χ2n) is 4.10. The van der Waals surface area contributed by atoms with Crippen LogP contribution < -0.4 is 10.2 Å². The molecule has 1 aliphatic rings. The van der Waals surface area contributed by atoms with Crippen LogP contribution in [0.3, 0.4) is 0 Å². The Balaban J connectivity index is 2.13. The van der Waals surface area contributed by atoms with Crippen molar-refractivity contribution in [2.75, 3.05) is 24.5 Å². The minimum Gasteiger partial charge on any atom is -0.353 e. The third-order valence-electron chi connectivity index (χ3n) is 2.93. The fourth-order valence-electron chi connectivity index (χ4n) is 2.11. The van der Waals surface area contributed by atoms with Gasteiger partial charge in [0.05, 0.1) is 17.4 Å². The number of nitrogens with zero attached hydrogens (tertiary/aromatic N) is 3. The van der Waals surface area contributed by atoms with Crippen LogP contribution in [0.25, 0.3) is 10.9 Å². The molecule has 0 saturated carbocycles. The summed E-state index contributed by atoms with van der Waals surface area (Å²) in [5, 5.41) is 3.10. The van der Waals surface area contributed by atoms with Gasteiger partial charge in [-0.1, -0.05) is 6.07 Å². The van der Waals surface area contributed by atoms with Crippen LogP contribution in [0.15, 0.2) is 24.5 Å². The number of amides is 1. The molecule has 0 bridgehead atoms. The van der Waals surface area contributed by atoms with Gasteiger partial charge in [-0.15, -0.1) is 0 Å². The molecule has 0 radical (unpaired) electrons. The smallest absolute Gasteiger partial charge is 0.239 e. The average Bonchev–Trinajstić information content (AvgIpc) is 2.38. The number of piperazine rings is 1. The molecule has 1 amide bonds. The molecule has 92 valence electrons. The summed E-state index contributed by atoms with van der Waals surface area (Å²) < 4.78 is 13.9. The monoisotopic (exact) mass is 246 g/mol. The van der Waals surface area contributed by atoms with Crippen LogP contribution >= 0.6 is 0 Å². The van der Waals surface area contributed by atoms with Crippen LogP contribution in [0.4, 0.5) is 10.2 Å². The van der Waals surface area contributed by atoms with Crippen LogP contribution in [-0.2, 0) is 4.79 Å². The van der Waals surface area contributed by atoms with E-state index in [1.54, 1.807) is 17.0 Å². The minimum atomic E-state index is -0.367. The number of halogens is 1. The van der Waals surface area contributed by atoms with E-state index in [1.165, 1.54) is 12.4 Å². The highest BCUT2D eigenvalue weighted by atomic mass is 19.1. The van der Waals surface area contributed by atoms with E-state index in [4.69, 9.17) is 0 Å². The first-order chi connectivity index (χ1) is 8.75.